The van der Waals surface area contributed by atoms with E-state index in [-0.39, 0.29) is 17.0 Å². The van der Waals surface area contributed by atoms with Crippen LogP contribution >= 0.6 is 34.4 Å². The van der Waals surface area contributed by atoms with Gasteiger partial charge in [-0.3, -0.25) is 4.79 Å². The SMILES string of the molecule is CC(Sc1nnc(NCCc2cccs2)s1)C(=O)NCc1ccc(F)cc1. The molecule has 2 heterocycles. The molecule has 5 nitrogen and oxygen atoms in total. The molecule has 0 saturated heterocycles. The van der Waals surface area contributed by atoms with E-state index in [0.717, 1.165) is 28.0 Å². The first-order chi connectivity index (χ1) is 13.1. The summed E-state index contributed by atoms with van der Waals surface area (Å²) in [6.45, 7) is 3.00. The van der Waals surface area contributed by atoms with Crippen LogP contribution < -0.4 is 10.6 Å². The quantitative estimate of drug-likeness (QED) is 0.506. The molecular formula is C18H19FN4OS3. The number of hydrogen-bond donors (Lipinski definition) is 2. The van der Waals surface area contributed by atoms with Crippen molar-refractivity contribution in [3.05, 3.63) is 58.0 Å². The maximum atomic E-state index is 12.9. The summed E-state index contributed by atoms with van der Waals surface area (Å²) in [6.07, 6.45) is 0.946. The van der Waals surface area contributed by atoms with Crippen molar-refractivity contribution in [2.75, 3.05) is 11.9 Å². The van der Waals surface area contributed by atoms with Gasteiger partial charge in [0.1, 0.15) is 5.82 Å². The highest BCUT2D eigenvalue weighted by Crippen LogP contribution is 2.29. The third kappa shape index (κ3) is 6.30. The summed E-state index contributed by atoms with van der Waals surface area (Å²) < 4.78 is 13.6. The second-order valence-corrected chi connectivity index (χ2v) is 9.33. The molecule has 1 unspecified atom stereocenters. The Bertz CT molecular complexity index is 852. The average molecular weight is 423 g/mol. The van der Waals surface area contributed by atoms with E-state index in [4.69, 9.17) is 0 Å². The van der Waals surface area contributed by atoms with Gasteiger partial charge in [0.15, 0.2) is 4.34 Å². The van der Waals surface area contributed by atoms with Crippen LogP contribution in [0.2, 0.25) is 0 Å². The van der Waals surface area contributed by atoms with E-state index in [2.05, 4.69) is 32.3 Å². The summed E-state index contributed by atoms with van der Waals surface area (Å²) >= 11 is 4.56. The average Bonchev–Trinajstić information content (AvgIpc) is 3.33. The second kappa shape index (κ2) is 9.82. The third-order valence-electron chi connectivity index (χ3n) is 3.66. The Morgan fingerprint density at radius 1 is 1.26 bits per heavy atom. The van der Waals surface area contributed by atoms with Crippen LogP contribution in [0.5, 0.6) is 0 Å². The molecule has 1 atom stereocenters. The number of nitrogens with one attached hydrogen (secondary N) is 2. The first-order valence-corrected chi connectivity index (χ1v) is 11.0. The van der Waals surface area contributed by atoms with Crippen LogP contribution in [0, 0.1) is 5.82 Å². The summed E-state index contributed by atoms with van der Waals surface area (Å²) in [5, 5.41) is 16.9. The Hall–Kier alpha value is -1.97. The number of thiophene rings is 1. The molecule has 0 spiro atoms. The topological polar surface area (TPSA) is 66.9 Å². The lowest BCUT2D eigenvalue weighted by Crippen LogP contribution is -2.30. The Labute approximate surface area is 169 Å². The number of carbonyl (C=O) groups is 1. The Kier molecular flexibility index (Phi) is 7.19. The summed E-state index contributed by atoms with van der Waals surface area (Å²) in [6, 6.07) is 10.2. The van der Waals surface area contributed by atoms with Crippen LogP contribution in [-0.2, 0) is 17.8 Å². The zero-order valence-electron chi connectivity index (χ0n) is 14.6. The van der Waals surface area contributed by atoms with Gasteiger partial charge >= 0.3 is 0 Å². The summed E-state index contributed by atoms with van der Waals surface area (Å²) in [7, 11) is 0. The van der Waals surface area contributed by atoms with E-state index in [0.29, 0.717) is 6.54 Å². The molecule has 3 aromatic rings. The van der Waals surface area contributed by atoms with Crippen LogP contribution in [-0.4, -0.2) is 27.9 Å². The molecule has 9 heteroatoms. The van der Waals surface area contributed by atoms with Crippen molar-refractivity contribution in [2.45, 2.75) is 29.5 Å². The standard InChI is InChI=1S/C18H19FN4OS3/c1-12(16(24)21-11-13-4-6-14(19)7-5-13)26-18-23-22-17(27-18)20-9-8-15-3-2-10-25-15/h2-7,10,12H,8-9,11H2,1H3,(H,20,22)(H,21,24). The number of aromatic nitrogens is 2. The molecule has 142 valence electrons. The molecule has 0 aliphatic carbocycles. The van der Waals surface area contributed by atoms with Crippen LogP contribution in [0.25, 0.3) is 0 Å². The van der Waals surface area contributed by atoms with E-state index in [9.17, 15) is 9.18 Å². The summed E-state index contributed by atoms with van der Waals surface area (Å²) in [4.78, 5) is 13.6. The Morgan fingerprint density at radius 3 is 2.81 bits per heavy atom. The molecule has 0 aliphatic rings. The fourth-order valence-electron chi connectivity index (χ4n) is 2.22. The molecule has 27 heavy (non-hydrogen) atoms. The van der Waals surface area contributed by atoms with Crippen LogP contribution in [0.4, 0.5) is 9.52 Å². The molecule has 0 fully saturated rings. The highest BCUT2D eigenvalue weighted by Gasteiger charge is 2.17. The third-order valence-corrected chi connectivity index (χ3v) is 6.66. The van der Waals surface area contributed by atoms with Crippen molar-refractivity contribution in [3.8, 4) is 0 Å². The van der Waals surface area contributed by atoms with Gasteiger partial charge in [-0.2, -0.15) is 0 Å². The van der Waals surface area contributed by atoms with Crippen molar-refractivity contribution in [1.82, 2.24) is 15.5 Å². The maximum Gasteiger partial charge on any atom is 0.233 e. The first-order valence-electron chi connectivity index (χ1n) is 8.39. The lowest BCUT2D eigenvalue weighted by molar-refractivity contribution is -0.120. The van der Waals surface area contributed by atoms with Crippen molar-refractivity contribution in [3.63, 3.8) is 0 Å². The molecule has 2 N–H and O–H groups in total. The number of halogens is 1. The van der Waals surface area contributed by atoms with Gasteiger partial charge in [-0.25, -0.2) is 4.39 Å². The van der Waals surface area contributed by atoms with E-state index in [1.165, 1.54) is 40.1 Å². The van der Waals surface area contributed by atoms with Crippen LogP contribution in [0.15, 0.2) is 46.1 Å². The minimum Gasteiger partial charge on any atom is -0.360 e. The lowest BCUT2D eigenvalue weighted by atomic mass is 10.2. The Morgan fingerprint density at radius 2 is 2.07 bits per heavy atom. The van der Waals surface area contributed by atoms with E-state index < -0.39 is 0 Å². The van der Waals surface area contributed by atoms with E-state index in [1.807, 2.05) is 13.0 Å². The molecule has 3 rings (SSSR count). The minimum absolute atomic E-state index is 0.0910. The van der Waals surface area contributed by atoms with Crippen molar-refractivity contribution in [2.24, 2.45) is 0 Å². The van der Waals surface area contributed by atoms with Crippen molar-refractivity contribution >= 4 is 45.5 Å². The second-order valence-electron chi connectivity index (χ2n) is 5.73. The van der Waals surface area contributed by atoms with E-state index >= 15 is 0 Å². The molecule has 0 radical (unpaired) electrons. The molecule has 0 aliphatic heterocycles. The number of rotatable bonds is 9. The Balaban J connectivity index is 1.41. The molecule has 1 aromatic carbocycles. The maximum absolute atomic E-state index is 12.9. The largest absolute Gasteiger partial charge is 0.360 e. The lowest BCUT2D eigenvalue weighted by Gasteiger charge is -2.10. The first kappa shape index (κ1) is 19.8. The predicted molar refractivity (Wildman–Crippen MR) is 110 cm³/mol. The predicted octanol–water partition coefficient (Wildman–Crippen LogP) is 4.19. The van der Waals surface area contributed by atoms with Gasteiger partial charge in [0.05, 0.1) is 5.25 Å². The number of nitrogens with zero attached hydrogens (tertiary/aromatic N) is 2. The number of benzene rings is 1. The highest BCUT2D eigenvalue weighted by atomic mass is 32.2. The number of carbonyl (C=O) groups excluding carboxylic acids is 1. The van der Waals surface area contributed by atoms with Gasteiger partial charge in [-0.15, -0.1) is 21.5 Å². The van der Waals surface area contributed by atoms with Gasteiger partial charge in [0.2, 0.25) is 11.0 Å². The van der Waals surface area contributed by atoms with Crippen LogP contribution in [0.3, 0.4) is 0 Å². The normalized spacial score (nSPS) is 11.9. The molecule has 1 amide bonds. The number of amides is 1. The van der Waals surface area contributed by atoms with Gasteiger partial charge in [0, 0.05) is 18.0 Å². The fourth-order valence-corrected chi connectivity index (χ4v) is 4.87. The van der Waals surface area contributed by atoms with Gasteiger partial charge in [-0.1, -0.05) is 41.3 Å². The summed E-state index contributed by atoms with van der Waals surface area (Å²) in [5.41, 5.74) is 0.857. The smallest absolute Gasteiger partial charge is 0.233 e. The number of hydrogen-bond acceptors (Lipinski definition) is 7. The van der Waals surface area contributed by atoms with Gasteiger partial charge in [0.25, 0.3) is 0 Å². The van der Waals surface area contributed by atoms with Crippen molar-refractivity contribution < 1.29 is 9.18 Å². The highest BCUT2D eigenvalue weighted by molar-refractivity contribution is 8.02. The zero-order chi connectivity index (χ0) is 19.1. The number of anilines is 1. The molecule has 0 bridgehead atoms. The van der Waals surface area contributed by atoms with Gasteiger partial charge < -0.3 is 10.6 Å². The van der Waals surface area contributed by atoms with Crippen molar-refractivity contribution in [1.29, 1.82) is 0 Å². The minimum atomic E-state index is -0.294. The van der Waals surface area contributed by atoms with Gasteiger partial charge in [-0.05, 0) is 42.5 Å². The van der Waals surface area contributed by atoms with E-state index in [1.54, 1.807) is 23.5 Å². The summed E-state index contributed by atoms with van der Waals surface area (Å²) in [5.74, 6) is -0.378. The molecule has 0 saturated carbocycles. The number of thioether (sulfide) groups is 1. The molecular weight excluding hydrogens is 403 g/mol. The zero-order valence-corrected chi connectivity index (χ0v) is 17.1. The monoisotopic (exact) mass is 422 g/mol. The fraction of sp³-hybridized carbons (Fsp3) is 0.278. The molecule has 2 aromatic heterocycles. The van der Waals surface area contributed by atoms with Crippen LogP contribution in [0.1, 0.15) is 17.4 Å².